The quantitative estimate of drug-likeness (QED) is 0.577. The summed E-state index contributed by atoms with van der Waals surface area (Å²) < 4.78 is 0. The van der Waals surface area contributed by atoms with Crippen LogP contribution in [0.25, 0.3) is 17.0 Å². The fraction of sp³-hybridized carbons (Fsp3) is 0. The number of hydrogen-bond acceptors (Lipinski definition) is 3. The van der Waals surface area contributed by atoms with E-state index in [2.05, 4.69) is 10.3 Å². The van der Waals surface area contributed by atoms with Gasteiger partial charge >= 0.3 is 0 Å². The Hall–Kier alpha value is -3.05. The molecule has 3 aromatic rings. The number of fused-ring (bicyclic) bond motifs is 1. The molecule has 0 atom stereocenters. The molecule has 0 aliphatic carbocycles. The van der Waals surface area contributed by atoms with E-state index < -0.39 is 0 Å². The van der Waals surface area contributed by atoms with Crippen LogP contribution in [0.4, 0.5) is 5.69 Å². The zero-order valence-corrected chi connectivity index (χ0v) is 13.5. The van der Waals surface area contributed by atoms with Gasteiger partial charge in [0.25, 0.3) is 5.91 Å². The van der Waals surface area contributed by atoms with Crippen molar-refractivity contribution in [2.75, 3.05) is 4.90 Å². The summed E-state index contributed by atoms with van der Waals surface area (Å²) in [5.74, 6) is -0.179. The zero-order chi connectivity index (χ0) is 16.5. The maximum atomic E-state index is 12.7. The average molecular weight is 331 g/mol. The lowest BCUT2D eigenvalue weighted by molar-refractivity contribution is -0.113. The van der Waals surface area contributed by atoms with Crippen LogP contribution >= 0.6 is 12.2 Å². The molecule has 0 saturated carbocycles. The van der Waals surface area contributed by atoms with E-state index in [-0.39, 0.29) is 5.91 Å². The largest absolute Gasteiger partial charge is 0.327 e. The molecule has 2 heterocycles. The standard InChI is InChI=1S/C19H13N3OS/c23-18-17(21-19(24)22(18)15-7-2-1-3-8-15)12-14-11-10-13-6-4-5-9-16(13)20-14/h1-12H,(H,21,24)/b17-12-. The van der Waals surface area contributed by atoms with Gasteiger partial charge in [0.2, 0.25) is 0 Å². The van der Waals surface area contributed by atoms with Crippen LogP contribution in [0.1, 0.15) is 5.69 Å². The number of carbonyl (C=O) groups excluding carboxylic acids is 1. The lowest BCUT2D eigenvalue weighted by Gasteiger charge is -2.13. The number of amides is 1. The predicted molar refractivity (Wildman–Crippen MR) is 99.4 cm³/mol. The molecule has 24 heavy (non-hydrogen) atoms. The van der Waals surface area contributed by atoms with Gasteiger partial charge in [-0.25, -0.2) is 4.98 Å². The Morgan fingerprint density at radius 3 is 2.54 bits per heavy atom. The molecular formula is C19H13N3OS. The van der Waals surface area contributed by atoms with E-state index in [0.717, 1.165) is 16.6 Å². The van der Waals surface area contributed by atoms with Crippen molar-refractivity contribution in [2.45, 2.75) is 0 Å². The van der Waals surface area contributed by atoms with Crippen LogP contribution in [0.3, 0.4) is 0 Å². The summed E-state index contributed by atoms with van der Waals surface area (Å²) in [5.41, 5.74) is 2.77. The van der Waals surface area contributed by atoms with Crippen molar-refractivity contribution < 1.29 is 4.79 Å². The fourth-order valence-corrected chi connectivity index (χ4v) is 2.95. The van der Waals surface area contributed by atoms with E-state index in [1.54, 1.807) is 6.08 Å². The van der Waals surface area contributed by atoms with Crippen molar-refractivity contribution in [1.29, 1.82) is 0 Å². The lowest BCUT2D eigenvalue weighted by Crippen LogP contribution is -2.30. The van der Waals surface area contributed by atoms with Gasteiger partial charge in [0.1, 0.15) is 5.70 Å². The monoisotopic (exact) mass is 331 g/mol. The summed E-state index contributed by atoms with van der Waals surface area (Å²) in [4.78, 5) is 18.7. The third-order valence-electron chi connectivity index (χ3n) is 3.80. The molecule has 1 amide bonds. The summed E-state index contributed by atoms with van der Waals surface area (Å²) in [7, 11) is 0. The minimum absolute atomic E-state index is 0.179. The molecule has 116 valence electrons. The Morgan fingerprint density at radius 2 is 1.71 bits per heavy atom. The lowest BCUT2D eigenvalue weighted by atomic mass is 10.2. The number of hydrogen-bond donors (Lipinski definition) is 1. The Kier molecular flexibility index (Phi) is 3.55. The van der Waals surface area contributed by atoms with Gasteiger partial charge in [-0.05, 0) is 42.6 Å². The minimum Gasteiger partial charge on any atom is -0.327 e. The van der Waals surface area contributed by atoms with Gasteiger partial charge in [-0.3, -0.25) is 9.69 Å². The number of pyridine rings is 1. The molecule has 5 heteroatoms. The molecule has 0 spiro atoms. The van der Waals surface area contributed by atoms with Crippen LogP contribution < -0.4 is 10.2 Å². The van der Waals surface area contributed by atoms with Crippen molar-refractivity contribution in [3.05, 3.63) is 78.1 Å². The first-order chi connectivity index (χ1) is 11.7. The molecule has 1 aliphatic heterocycles. The van der Waals surface area contributed by atoms with Crippen molar-refractivity contribution in [1.82, 2.24) is 10.3 Å². The first kappa shape index (κ1) is 14.5. The number of aromatic nitrogens is 1. The molecule has 0 unspecified atom stereocenters. The van der Waals surface area contributed by atoms with Crippen LogP contribution in [0.5, 0.6) is 0 Å². The molecule has 1 aliphatic rings. The van der Waals surface area contributed by atoms with Crippen LogP contribution in [-0.2, 0) is 4.79 Å². The van der Waals surface area contributed by atoms with Crippen molar-refractivity contribution in [2.24, 2.45) is 0 Å². The normalized spacial score (nSPS) is 16.0. The van der Waals surface area contributed by atoms with Crippen LogP contribution in [0, 0.1) is 0 Å². The number of carbonyl (C=O) groups is 1. The Bertz CT molecular complexity index is 982. The molecule has 1 saturated heterocycles. The SMILES string of the molecule is O=C1/C(=C/c2ccc3ccccc3n2)NC(=S)N1c1ccccc1. The number of thiocarbonyl (C=S) groups is 1. The molecule has 2 aromatic carbocycles. The summed E-state index contributed by atoms with van der Waals surface area (Å²) >= 11 is 5.30. The van der Waals surface area contributed by atoms with Gasteiger partial charge in [0.15, 0.2) is 5.11 Å². The average Bonchev–Trinajstić information content (AvgIpc) is 2.89. The summed E-state index contributed by atoms with van der Waals surface area (Å²) in [6, 6.07) is 21.1. The van der Waals surface area contributed by atoms with E-state index in [1.807, 2.05) is 66.7 Å². The topological polar surface area (TPSA) is 45.2 Å². The van der Waals surface area contributed by atoms with E-state index in [4.69, 9.17) is 12.2 Å². The van der Waals surface area contributed by atoms with Crippen molar-refractivity contribution in [3.63, 3.8) is 0 Å². The second kappa shape index (κ2) is 5.86. The fourth-order valence-electron chi connectivity index (χ4n) is 2.66. The summed E-state index contributed by atoms with van der Waals surface area (Å²) in [6.45, 7) is 0. The maximum Gasteiger partial charge on any atom is 0.281 e. The zero-order valence-electron chi connectivity index (χ0n) is 12.6. The summed E-state index contributed by atoms with van der Waals surface area (Å²) in [6.07, 6.45) is 1.73. The first-order valence-corrected chi connectivity index (χ1v) is 7.91. The second-order valence-electron chi connectivity index (χ2n) is 5.39. The number of rotatable bonds is 2. The summed E-state index contributed by atoms with van der Waals surface area (Å²) in [5, 5.41) is 4.41. The van der Waals surface area contributed by atoms with E-state index in [0.29, 0.717) is 16.5 Å². The Morgan fingerprint density at radius 1 is 0.958 bits per heavy atom. The molecule has 4 rings (SSSR count). The second-order valence-corrected chi connectivity index (χ2v) is 5.78. The Balaban J connectivity index is 1.70. The highest BCUT2D eigenvalue weighted by Crippen LogP contribution is 2.22. The number of benzene rings is 2. The van der Waals surface area contributed by atoms with Gasteiger partial charge < -0.3 is 5.32 Å². The maximum absolute atomic E-state index is 12.7. The molecule has 1 N–H and O–H groups in total. The van der Waals surface area contributed by atoms with Crippen LogP contribution in [0.2, 0.25) is 0 Å². The highest BCUT2D eigenvalue weighted by Gasteiger charge is 2.31. The van der Waals surface area contributed by atoms with Crippen LogP contribution in [0.15, 0.2) is 72.4 Å². The first-order valence-electron chi connectivity index (χ1n) is 7.50. The molecule has 1 aromatic heterocycles. The smallest absolute Gasteiger partial charge is 0.281 e. The van der Waals surface area contributed by atoms with E-state index >= 15 is 0 Å². The number of anilines is 1. The minimum atomic E-state index is -0.179. The molecule has 4 nitrogen and oxygen atoms in total. The van der Waals surface area contributed by atoms with Crippen molar-refractivity contribution in [3.8, 4) is 0 Å². The molecule has 0 radical (unpaired) electrons. The highest BCUT2D eigenvalue weighted by molar-refractivity contribution is 7.80. The van der Waals surface area contributed by atoms with Gasteiger partial charge in [0, 0.05) is 5.39 Å². The van der Waals surface area contributed by atoms with E-state index in [1.165, 1.54) is 4.90 Å². The third kappa shape index (κ3) is 2.55. The van der Waals surface area contributed by atoms with Gasteiger partial charge in [-0.15, -0.1) is 0 Å². The molecule has 0 bridgehead atoms. The number of nitrogens with one attached hydrogen (secondary N) is 1. The van der Waals surface area contributed by atoms with Gasteiger partial charge in [-0.2, -0.15) is 0 Å². The van der Waals surface area contributed by atoms with Gasteiger partial charge in [0.05, 0.1) is 16.9 Å². The van der Waals surface area contributed by atoms with Crippen LogP contribution in [-0.4, -0.2) is 16.0 Å². The molecule has 1 fully saturated rings. The Labute approximate surface area is 144 Å². The highest BCUT2D eigenvalue weighted by atomic mass is 32.1. The third-order valence-corrected chi connectivity index (χ3v) is 4.09. The number of nitrogens with zero attached hydrogens (tertiary/aromatic N) is 2. The molecular weight excluding hydrogens is 318 g/mol. The number of para-hydroxylation sites is 2. The predicted octanol–water partition coefficient (Wildman–Crippen LogP) is 3.50. The van der Waals surface area contributed by atoms with Gasteiger partial charge in [-0.1, -0.05) is 42.5 Å². The van der Waals surface area contributed by atoms with Crippen molar-refractivity contribution >= 4 is 45.9 Å². The van der Waals surface area contributed by atoms with E-state index in [9.17, 15) is 4.79 Å².